The topological polar surface area (TPSA) is 67.4 Å². The zero-order valence-corrected chi connectivity index (χ0v) is 16.5. The van der Waals surface area contributed by atoms with Crippen molar-refractivity contribution < 1.29 is 9.53 Å². The first-order valence-corrected chi connectivity index (χ1v) is 9.59. The summed E-state index contributed by atoms with van der Waals surface area (Å²) in [4.78, 5) is 23.6. The number of piperidine rings is 1. The maximum atomic E-state index is 12.8. The van der Waals surface area contributed by atoms with E-state index in [0.717, 1.165) is 36.6 Å². The SMILES string of the molecule is Cc1cc(C(=O)N2CCCC(C)C2)nc(Nc2ccc(OC(C)C)cc2)n1. The van der Waals surface area contributed by atoms with E-state index < -0.39 is 0 Å². The zero-order valence-electron chi connectivity index (χ0n) is 16.5. The van der Waals surface area contributed by atoms with E-state index in [1.165, 1.54) is 6.42 Å². The molecule has 1 aromatic carbocycles. The minimum Gasteiger partial charge on any atom is -0.491 e. The third-order valence-electron chi connectivity index (χ3n) is 4.50. The van der Waals surface area contributed by atoms with Crippen LogP contribution in [0.25, 0.3) is 0 Å². The number of ether oxygens (including phenoxy) is 1. The van der Waals surface area contributed by atoms with Gasteiger partial charge in [0.1, 0.15) is 11.4 Å². The van der Waals surface area contributed by atoms with E-state index in [1.807, 2.05) is 49.9 Å². The van der Waals surface area contributed by atoms with Gasteiger partial charge in [-0.1, -0.05) is 6.92 Å². The van der Waals surface area contributed by atoms with E-state index in [2.05, 4.69) is 22.2 Å². The van der Waals surface area contributed by atoms with Gasteiger partial charge in [-0.15, -0.1) is 0 Å². The van der Waals surface area contributed by atoms with Crippen LogP contribution in [-0.4, -0.2) is 40.0 Å². The van der Waals surface area contributed by atoms with Crippen LogP contribution in [0.2, 0.25) is 0 Å². The molecule has 1 aliphatic heterocycles. The number of carbonyl (C=O) groups is 1. The van der Waals surface area contributed by atoms with Crippen molar-refractivity contribution in [1.29, 1.82) is 0 Å². The van der Waals surface area contributed by atoms with Gasteiger partial charge in [-0.05, 0) is 69.9 Å². The minimum absolute atomic E-state index is 0.0178. The first-order chi connectivity index (χ1) is 12.9. The summed E-state index contributed by atoms with van der Waals surface area (Å²) < 4.78 is 5.66. The molecular weight excluding hydrogens is 340 g/mol. The van der Waals surface area contributed by atoms with Gasteiger partial charge in [0.2, 0.25) is 5.95 Å². The van der Waals surface area contributed by atoms with Crippen LogP contribution >= 0.6 is 0 Å². The molecule has 1 unspecified atom stereocenters. The lowest BCUT2D eigenvalue weighted by Gasteiger charge is -2.30. The summed E-state index contributed by atoms with van der Waals surface area (Å²) in [5, 5.41) is 3.18. The standard InChI is InChI=1S/C21H28N4O2/c1-14(2)27-18-9-7-17(8-10-18)23-21-22-16(4)12-19(24-21)20(26)25-11-5-6-15(3)13-25/h7-10,12,14-15H,5-6,11,13H2,1-4H3,(H,22,23,24). The minimum atomic E-state index is -0.0178. The van der Waals surface area contributed by atoms with E-state index in [9.17, 15) is 4.79 Å². The molecule has 2 heterocycles. The second-order valence-corrected chi connectivity index (χ2v) is 7.53. The normalized spacial score (nSPS) is 17.1. The highest BCUT2D eigenvalue weighted by molar-refractivity contribution is 5.92. The Bertz CT molecular complexity index is 789. The molecular formula is C21H28N4O2. The van der Waals surface area contributed by atoms with Crippen molar-refractivity contribution in [2.75, 3.05) is 18.4 Å². The molecule has 6 nitrogen and oxygen atoms in total. The second kappa shape index (κ2) is 8.37. The molecule has 0 aliphatic carbocycles. The lowest BCUT2D eigenvalue weighted by atomic mass is 10.00. The molecule has 1 aromatic heterocycles. The predicted octanol–water partition coefficient (Wildman–Crippen LogP) is 4.19. The van der Waals surface area contributed by atoms with Crippen molar-refractivity contribution in [3.63, 3.8) is 0 Å². The monoisotopic (exact) mass is 368 g/mol. The number of likely N-dealkylation sites (tertiary alicyclic amines) is 1. The number of rotatable bonds is 5. The summed E-state index contributed by atoms with van der Waals surface area (Å²) in [5.74, 6) is 1.77. The second-order valence-electron chi connectivity index (χ2n) is 7.53. The molecule has 6 heteroatoms. The lowest BCUT2D eigenvalue weighted by Crippen LogP contribution is -2.39. The highest BCUT2D eigenvalue weighted by Gasteiger charge is 2.23. The van der Waals surface area contributed by atoms with Gasteiger partial charge >= 0.3 is 0 Å². The van der Waals surface area contributed by atoms with Crippen molar-refractivity contribution in [2.45, 2.75) is 46.6 Å². The van der Waals surface area contributed by atoms with Gasteiger partial charge in [-0.3, -0.25) is 4.79 Å². The number of nitrogens with zero attached hydrogens (tertiary/aromatic N) is 3. The van der Waals surface area contributed by atoms with Crippen LogP contribution in [-0.2, 0) is 0 Å². The number of aryl methyl sites for hydroxylation is 1. The van der Waals surface area contributed by atoms with Gasteiger partial charge in [0.15, 0.2) is 0 Å². The maximum Gasteiger partial charge on any atom is 0.272 e. The molecule has 2 aromatic rings. The van der Waals surface area contributed by atoms with Crippen LogP contribution in [0.1, 0.15) is 49.8 Å². The lowest BCUT2D eigenvalue weighted by molar-refractivity contribution is 0.0677. The number of aromatic nitrogens is 2. The summed E-state index contributed by atoms with van der Waals surface area (Å²) >= 11 is 0. The summed E-state index contributed by atoms with van der Waals surface area (Å²) in [6.45, 7) is 9.64. The predicted molar refractivity (Wildman–Crippen MR) is 107 cm³/mol. The number of hydrogen-bond donors (Lipinski definition) is 1. The number of amides is 1. The van der Waals surface area contributed by atoms with Gasteiger partial charge in [-0.2, -0.15) is 0 Å². The highest BCUT2D eigenvalue weighted by Crippen LogP contribution is 2.21. The van der Waals surface area contributed by atoms with Gasteiger partial charge in [0.05, 0.1) is 6.10 Å². The largest absolute Gasteiger partial charge is 0.491 e. The Balaban J connectivity index is 1.74. The molecule has 0 spiro atoms. The molecule has 1 fully saturated rings. The first kappa shape index (κ1) is 19.1. The van der Waals surface area contributed by atoms with Crippen molar-refractivity contribution in [3.8, 4) is 5.75 Å². The quantitative estimate of drug-likeness (QED) is 0.857. The molecule has 1 saturated heterocycles. The molecule has 1 atom stereocenters. The Labute approximate surface area is 161 Å². The molecule has 3 rings (SSSR count). The molecule has 0 saturated carbocycles. The van der Waals surface area contributed by atoms with Crippen LogP contribution in [0.5, 0.6) is 5.75 Å². The van der Waals surface area contributed by atoms with Crippen LogP contribution in [0, 0.1) is 12.8 Å². The van der Waals surface area contributed by atoms with Crippen LogP contribution in [0.3, 0.4) is 0 Å². The Morgan fingerprint density at radius 2 is 2.00 bits per heavy atom. The molecule has 27 heavy (non-hydrogen) atoms. The molecule has 0 radical (unpaired) electrons. The first-order valence-electron chi connectivity index (χ1n) is 9.59. The summed E-state index contributed by atoms with van der Waals surface area (Å²) in [6, 6.07) is 9.39. The van der Waals surface area contributed by atoms with Crippen LogP contribution in [0.4, 0.5) is 11.6 Å². The zero-order chi connectivity index (χ0) is 19.4. The fourth-order valence-electron chi connectivity index (χ4n) is 3.29. The third kappa shape index (κ3) is 5.18. The van der Waals surface area contributed by atoms with E-state index in [0.29, 0.717) is 17.6 Å². The van der Waals surface area contributed by atoms with Gasteiger partial charge in [0.25, 0.3) is 5.91 Å². The number of anilines is 2. The van der Waals surface area contributed by atoms with E-state index in [-0.39, 0.29) is 12.0 Å². The fraction of sp³-hybridized carbons (Fsp3) is 0.476. The van der Waals surface area contributed by atoms with Crippen molar-refractivity contribution in [2.24, 2.45) is 5.92 Å². The van der Waals surface area contributed by atoms with Crippen molar-refractivity contribution >= 4 is 17.5 Å². The number of nitrogens with one attached hydrogen (secondary N) is 1. The molecule has 1 N–H and O–H groups in total. The number of hydrogen-bond acceptors (Lipinski definition) is 5. The Morgan fingerprint density at radius 3 is 2.67 bits per heavy atom. The number of carbonyl (C=O) groups excluding carboxylic acids is 1. The average molecular weight is 368 g/mol. The summed E-state index contributed by atoms with van der Waals surface area (Å²) in [6.07, 6.45) is 2.36. The smallest absolute Gasteiger partial charge is 0.272 e. The molecule has 0 bridgehead atoms. The van der Waals surface area contributed by atoms with Crippen molar-refractivity contribution in [1.82, 2.24) is 14.9 Å². The van der Waals surface area contributed by atoms with E-state index in [1.54, 1.807) is 6.07 Å². The molecule has 144 valence electrons. The van der Waals surface area contributed by atoms with Crippen molar-refractivity contribution in [3.05, 3.63) is 41.7 Å². The average Bonchev–Trinajstić information content (AvgIpc) is 2.62. The van der Waals surface area contributed by atoms with Gasteiger partial charge in [0, 0.05) is 24.5 Å². The number of benzene rings is 1. The Hall–Kier alpha value is -2.63. The molecule has 1 amide bonds. The van der Waals surface area contributed by atoms with Gasteiger partial charge < -0.3 is 15.0 Å². The van der Waals surface area contributed by atoms with Crippen LogP contribution in [0.15, 0.2) is 30.3 Å². The molecule has 1 aliphatic rings. The Kier molecular flexibility index (Phi) is 5.94. The van der Waals surface area contributed by atoms with Gasteiger partial charge in [-0.25, -0.2) is 9.97 Å². The Morgan fingerprint density at radius 1 is 1.26 bits per heavy atom. The van der Waals surface area contributed by atoms with E-state index in [4.69, 9.17) is 4.74 Å². The summed E-state index contributed by atoms with van der Waals surface area (Å²) in [7, 11) is 0. The highest BCUT2D eigenvalue weighted by atomic mass is 16.5. The maximum absolute atomic E-state index is 12.8. The van der Waals surface area contributed by atoms with E-state index >= 15 is 0 Å². The van der Waals surface area contributed by atoms with Crippen LogP contribution < -0.4 is 10.1 Å². The third-order valence-corrected chi connectivity index (χ3v) is 4.50. The summed E-state index contributed by atoms with van der Waals surface area (Å²) in [5.41, 5.74) is 2.06. The fourth-order valence-corrected chi connectivity index (χ4v) is 3.29.